The Bertz CT molecular complexity index is 677. The van der Waals surface area contributed by atoms with Gasteiger partial charge in [0.15, 0.2) is 6.10 Å². The molecule has 0 spiro atoms. The molecule has 2 rings (SSSR count). The van der Waals surface area contributed by atoms with Gasteiger partial charge in [-0.1, -0.05) is 35.5 Å². The molecule has 0 saturated heterocycles. The Morgan fingerprint density at radius 3 is 2.57 bits per heavy atom. The number of carbonyl (C=O) groups excluding carboxylic acids is 2. The highest BCUT2D eigenvalue weighted by Gasteiger charge is 2.26. The summed E-state index contributed by atoms with van der Waals surface area (Å²) < 4.78 is 9.88. The maximum absolute atomic E-state index is 12.3. The van der Waals surface area contributed by atoms with Crippen LogP contribution in [0.3, 0.4) is 0 Å². The fourth-order valence-electron chi connectivity index (χ4n) is 2.15. The van der Waals surface area contributed by atoms with Crippen LogP contribution in [0.1, 0.15) is 28.5 Å². The number of aryl methyl sites for hydroxylation is 1. The molecule has 1 atom stereocenters. The van der Waals surface area contributed by atoms with E-state index >= 15 is 0 Å². The van der Waals surface area contributed by atoms with Crippen molar-refractivity contribution in [1.82, 2.24) is 10.1 Å². The Morgan fingerprint density at radius 2 is 2.00 bits per heavy atom. The zero-order valence-corrected chi connectivity index (χ0v) is 13.3. The first-order valence-electron chi connectivity index (χ1n) is 7.11. The van der Waals surface area contributed by atoms with Gasteiger partial charge in [-0.05, 0) is 19.4 Å². The number of nitrogens with two attached hydrogens (primary N) is 1. The van der Waals surface area contributed by atoms with Crippen molar-refractivity contribution in [3.63, 3.8) is 0 Å². The molecule has 0 aliphatic heterocycles. The smallest absolute Gasteiger partial charge is 0.346 e. The molecule has 2 N–H and O–H groups in total. The summed E-state index contributed by atoms with van der Waals surface area (Å²) in [5.41, 5.74) is 6.89. The number of ether oxygens (including phenoxy) is 1. The zero-order valence-electron chi connectivity index (χ0n) is 13.3. The Balaban J connectivity index is 1.98. The molecule has 2 aromatic rings. The van der Waals surface area contributed by atoms with Crippen LogP contribution in [0.2, 0.25) is 0 Å². The monoisotopic (exact) mass is 317 g/mol. The second-order valence-corrected chi connectivity index (χ2v) is 5.23. The van der Waals surface area contributed by atoms with E-state index in [0.29, 0.717) is 12.2 Å². The fourth-order valence-corrected chi connectivity index (χ4v) is 2.15. The quantitative estimate of drug-likeness (QED) is 0.844. The molecule has 0 aliphatic carbocycles. The average molecular weight is 317 g/mol. The predicted octanol–water partition coefficient (Wildman–Crippen LogP) is 1.77. The highest BCUT2D eigenvalue weighted by atomic mass is 16.5. The molecule has 0 aliphatic rings. The SMILES string of the molecule is Cc1noc(N)c1C(=O)OC(C)C(=O)N(C)Cc1ccccc1. The van der Waals surface area contributed by atoms with Crippen molar-refractivity contribution < 1.29 is 18.8 Å². The molecule has 1 heterocycles. The van der Waals surface area contributed by atoms with Gasteiger partial charge in [0.05, 0.1) is 5.69 Å². The largest absolute Gasteiger partial charge is 0.449 e. The number of esters is 1. The van der Waals surface area contributed by atoms with E-state index in [1.165, 1.54) is 11.8 Å². The van der Waals surface area contributed by atoms with Crippen LogP contribution in [-0.4, -0.2) is 35.1 Å². The lowest BCUT2D eigenvalue weighted by molar-refractivity contribution is -0.139. The normalized spacial score (nSPS) is 11.8. The number of amides is 1. The third-order valence-electron chi connectivity index (χ3n) is 3.36. The van der Waals surface area contributed by atoms with E-state index in [0.717, 1.165) is 5.56 Å². The zero-order chi connectivity index (χ0) is 17.0. The standard InChI is InChI=1S/C16H19N3O4/c1-10-13(14(17)23-18-10)16(21)22-11(2)15(20)19(3)9-12-7-5-4-6-8-12/h4-8,11H,9,17H2,1-3H3. The summed E-state index contributed by atoms with van der Waals surface area (Å²) in [6.07, 6.45) is -0.940. The number of hydrogen-bond acceptors (Lipinski definition) is 6. The summed E-state index contributed by atoms with van der Waals surface area (Å²) in [6.45, 7) is 3.52. The van der Waals surface area contributed by atoms with Crippen LogP contribution < -0.4 is 5.73 Å². The third kappa shape index (κ3) is 3.88. The molecule has 7 heteroatoms. The van der Waals surface area contributed by atoms with Gasteiger partial charge in [-0.15, -0.1) is 0 Å². The van der Waals surface area contributed by atoms with Gasteiger partial charge in [0.25, 0.3) is 5.91 Å². The molecular formula is C16H19N3O4. The van der Waals surface area contributed by atoms with Crippen LogP contribution in [0.4, 0.5) is 5.88 Å². The molecule has 1 amide bonds. The van der Waals surface area contributed by atoms with E-state index in [1.807, 2.05) is 30.3 Å². The molecule has 1 unspecified atom stereocenters. The number of carbonyl (C=O) groups is 2. The molecule has 23 heavy (non-hydrogen) atoms. The van der Waals surface area contributed by atoms with Crippen molar-refractivity contribution in [2.75, 3.05) is 12.8 Å². The van der Waals surface area contributed by atoms with Gasteiger partial charge in [-0.2, -0.15) is 0 Å². The number of anilines is 1. The average Bonchev–Trinajstić information content (AvgIpc) is 2.86. The van der Waals surface area contributed by atoms with Gasteiger partial charge >= 0.3 is 5.97 Å². The van der Waals surface area contributed by atoms with Crippen molar-refractivity contribution in [1.29, 1.82) is 0 Å². The first kappa shape index (κ1) is 16.5. The maximum atomic E-state index is 12.3. The number of nitrogen functional groups attached to an aromatic ring is 1. The lowest BCUT2D eigenvalue weighted by Gasteiger charge is -2.21. The van der Waals surface area contributed by atoms with Crippen molar-refractivity contribution >= 4 is 17.8 Å². The number of aromatic nitrogens is 1. The minimum atomic E-state index is -0.940. The van der Waals surface area contributed by atoms with E-state index in [4.69, 9.17) is 15.0 Å². The summed E-state index contributed by atoms with van der Waals surface area (Å²) in [7, 11) is 1.65. The molecule has 0 bridgehead atoms. The first-order valence-corrected chi connectivity index (χ1v) is 7.11. The van der Waals surface area contributed by atoms with Gasteiger partial charge in [0, 0.05) is 13.6 Å². The number of likely N-dealkylation sites (N-methyl/N-ethyl adjacent to an activating group) is 1. The number of rotatable bonds is 5. The summed E-state index contributed by atoms with van der Waals surface area (Å²) in [5, 5.41) is 3.58. The van der Waals surface area contributed by atoms with E-state index in [1.54, 1.807) is 14.0 Å². The molecule has 122 valence electrons. The Hall–Kier alpha value is -2.83. The van der Waals surface area contributed by atoms with Crippen LogP contribution >= 0.6 is 0 Å². The van der Waals surface area contributed by atoms with Crippen LogP contribution in [0, 0.1) is 6.92 Å². The van der Waals surface area contributed by atoms with Crippen molar-refractivity contribution in [2.45, 2.75) is 26.5 Å². The number of hydrogen-bond donors (Lipinski definition) is 1. The second-order valence-electron chi connectivity index (χ2n) is 5.23. The lowest BCUT2D eigenvalue weighted by Crippen LogP contribution is -2.37. The third-order valence-corrected chi connectivity index (χ3v) is 3.36. The maximum Gasteiger partial charge on any atom is 0.346 e. The summed E-state index contributed by atoms with van der Waals surface area (Å²) in [4.78, 5) is 25.9. The van der Waals surface area contributed by atoms with E-state index < -0.39 is 12.1 Å². The van der Waals surface area contributed by atoms with Crippen LogP contribution in [-0.2, 0) is 16.1 Å². The number of benzene rings is 1. The minimum absolute atomic E-state index is 0.0513. The molecule has 7 nitrogen and oxygen atoms in total. The van der Waals surface area contributed by atoms with Crippen LogP contribution in [0.25, 0.3) is 0 Å². The van der Waals surface area contributed by atoms with Gasteiger partial charge < -0.3 is 19.9 Å². The van der Waals surface area contributed by atoms with E-state index in [-0.39, 0.29) is 17.4 Å². The van der Waals surface area contributed by atoms with Gasteiger partial charge in [0.2, 0.25) is 5.88 Å². The van der Waals surface area contributed by atoms with Gasteiger partial charge in [-0.25, -0.2) is 4.79 Å². The van der Waals surface area contributed by atoms with E-state index in [2.05, 4.69) is 5.16 Å². The highest BCUT2D eigenvalue weighted by molar-refractivity contribution is 5.96. The molecular weight excluding hydrogens is 298 g/mol. The number of nitrogens with zero attached hydrogens (tertiary/aromatic N) is 2. The Morgan fingerprint density at radius 1 is 1.35 bits per heavy atom. The van der Waals surface area contributed by atoms with Crippen molar-refractivity contribution in [3.05, 3.63) is 47.2 Å². The first-order chi connectivity index (χ1) is 10.9. The van der Waals surface area contributed by atoms with Crippen LogP contribution in [0.15, 0.2) is 34.9 Å². The molecule has 0 fully saturated rings. The molecule has 1 aromatic heterocycles. The second kappa shape index (κ2) is 6.95. The fraction of sp³-hybridized carbons (Fsp3) is 0.312. The summed E-state index contributed by atoms with van der Waals surface area (Å²) in [5.74, 6) is -1.16. The van der Waals surface area contributed by atoms with Crippen molar-refractivity contribution in [3.8, 4) is 0 Å². The topological polar surface area (TPSA) is 98.7 Å². The molecule has 0 saturated carbocycles. The highest BCUT2D eigenvalue weighted by Crippen LogP contribution is 2.17. The molecule has 0 radical (unpaired) electrons. The van der Waals surface area contributed by atoms with E-state index in [9.17, 15) is 9.59 Å². The molecule has 1 aromatic carbocycles. The summed E-state index contributed by atoms with van der Waals surface area (Å²) >= 11 is 0. The summed E-state index contributed by atoms with van der Waals surface area (Å²) in [6, 6.07) is 9.54. The minimum Gasteiger partial charge on any atom is -0.449 e. The van der Waals surface area contributed by atoms with Gasteiger partial charge in [0.1, 0.15) is 5.56 Å². The van der Waals surface area contributed by atoms with Crippen LogP contribution in [0.5, 0.6) is 0 Å². The van der Waals surface area contributed by atoms with Gasteiger partial charge in [-0.3, -0.25) is 4.79 Å². The van der Waals surface area contributed by atoms with Crippen molar-refractivity contribution in [2.24, 2.45) is 0 Å². The predicted molar refractivity (Wildman–Crippen MR) is 83.4 cm³/mol. The lowest BCUT2D eigenvalue weighted by atomic mass is 10.2. The Kier molecular flexibility index (Phi) is 5.00. The Labute approximate surface area is 134 Å².